The van der Waals surface area contributed by atoms with Crippen LogP contribution in [-0.4, -0.2) is 51.8 Å². The van der Waals surface area contributed by atoms with E-state index in [9.17, 15) is 18.0 Å². The Morgan fingerprint density at radius 3 is 2.22 bits per heavy atom. The highest BCUT2D eigenvalue weighted by molar-refractivity contribution is 5.95. The van der Waals surface area contributed by atoms with Crippen LogP contribution in [0.15, 0.2) is 54.9 Å². The van der Waals surface area contributed by atoms with Gasteiger partial charge in [-0.05, 0) is 30.2 Å². The summed E-state index contributed by atoms with van der Waals surface area (Å²) in [4.78, 5) is 21.3. The summed E-state index contributed by atoms with van der Waals surface area (Å²) in [7, 11) is 0. The largest absolute Gasteiger partial charge is 0.417 e. The van der Waals surface area contributed by atoms with Gasteiger partial charge in [-0.2, -0.15) is 18.3 Å². The number of piperazine rings is 1. The van der Waals surface area contributed by atoms with Gasteiger partial charge in [0.1, 0.15) is 0 Å². The van der Waals surface area contributed by atoms with Crippen LogP contribution >= 0.6 is 0 Å². The Labute approximate surface area is 184 Å². The number of benzene rings is 1. The van der Waals surface area contributed by atoms with Crippen LogP contribution in [0, 0.1) is 0 Å². The quantitative estimate of drug-likeness (QED) is 0.601. The summed E-state index contributed by atoms with van der Waals surface area (Å²) in [5, 5.41) is 4.29. The first kappa shape index (κ1) is 21.9. The zero-order valence-corrected chi connectivity index (χ0v) is 17.9. The topological polar surface area (TPSA) is 54.3 Å². The molecule has 0 radical (unpaired) electrons. The van der Waals surface area contributed by atoms with Gasteiger partial charge in [-0.1, -0.05) is 32.0 Å². The molecule has 1 saturated heterocycles. The SMILES string of the molecule is CC(C)c1c(C(=O)N2CCN(c3ccccc3)CC2)cnn1-c1ccc(C(F)(F)F)cn1. The first-order valence-corrected chi connectivity index (χ1v) is 10.5. The maximum absolute atomic E-state index is 13.3. The summed E-state index contributed by atoms with van der Waals surface area (Å²) < 4.78 is 40.1. The molecule has 0 unspecified atom stereocenters. The lowest BCUT2D eigenvalue weighted by atomic mass is 10.0. The number of halogens is 3. The highest BCUT2D eigenvalue weighted by Gasteiger charge is 2.31. The molecule has 168 valence electrons. The number of hydrogen-bond donors (Lipinski definition) is 0. The van der Waals surface area contributed by atoms with E-state index >= 15 is 0 Å². The molecule has 3 heterocycles. The second kappa shape index (κ2) is 8.64. The Morgan fingerprint density at radius 1 is 0.969 bits per heavy atom. The first-order valence-electron chi connectivity index (χ1n) is 10.5. The van der Waals surface area contributed by atoms with Crippen LogP contribution in [0.5, 0.6) is 0 Å². The van der Waals surface area contributed by atoms with Crippen molar-refractivity contribution in [3.63, 3.8) is 0 Å². The number of para-hydroxylation sites is 1. The molecule has 32 heavy (non-hydrogen) atoms. The number of hydrogen-bond acceptors (Lipinski definition) is 4. The maximum Gasteiger partial charge on any atom is 0.417 e. The molecule has 1 aromatic carbocycles. The third-order valence-electron chi connectivity index (χ3n) is 5.56. The van der Waals surface area contributed by atoms with Crippen LogP contribution < -0.4 is 4.90 Å². The van der Waals surface area contributed by atoms with Crippen molar-refractivity contribution >= 4 is 11.6 Å². The molecule has 6 nitrogen and oxygen atoms in total. The lowest BCUT2D eigenvalue weighted by Crippen LogP contribution is -2.49. The fourth-order valence-electron chi connectivity index (χ4n) is 3.92. The smallest absolute Gasteiger partial charge is 0.368 e. The van der Waals surface area contributed by atoms with Gasteiger partial charge in [0, 0.05) is 38.1 Å². The van der Waals surface area contributed by atoms with Gasteiger partial charge in [0.05, 0.1) is 23.0 Å². The van der Waals surface area contributed by atoms with Crippen LogP contribution in [-0.2, 0) is 6.18 Å². The fourth-order valence-corrected chi connectivity index (χ4v) is 3.92. The average molecular weight is 443 g/mol. The second-order valence-electron chi connectivity index (χ2n) is 8.03. The molecule has 9 heteroatoms. The normalized spacial score (nSPS) is 14.8. The van der Waals surface area contributed by atoms with E-state index in [0.29, 0.717) is 24.3 Å². The molecule has 0 spiro atoms. The molecule has 1 aliphatic heterocycles. The molecule has 4 rings (SSSR count). The van der Waals surface area contributed by atoms with Gasteiger partial charge in [0.25, 0.3) is 5.91 Å². The number of carbonyl (C=O) groups is 1. The van der Waals surface area contributed by atoms with Gasteiger partial charge < -0.3 is 9.80 Å². The number of pyridine rings is 1. The van der Waals surface area contributed by atoms with Gasteiger partial charge in [0.2, 0.25) is 0 Å². The highest BCUT2D eigenvalue weighted by Crippen LogP contribution is 2.30. The summed E-state index contributed by atoms with van der Waals surface area (Å²) in [5.74, 6) is 0.0420. The minimum atomic E-state index is -4.46. The molecule has 0 aliphatic carbocycles. The van der Waals surface area contributed by atoms with E-state index in [1.165, 1.54) is 16.9 Å². The van der Waals surface area contributed by atoms with Crippen molar-refractivity contribution in [1.82, 2.24) is 19.7 Å². The fraction of sp³-hybridized carbons (Fsp3) is 0.348. The summed E-state index contributed by atoms with van der Waals surface area (Å²) in [6, 6.07) is 12.3. The predicted octanol–water partition coefficient (Wildman–Crippen LogP) is 4.37. The van der Waals surface area contributed by atoms with Crippen molar-refractivity contribution in [3.8, 4) is 5.82 Å². The lowest BCUT2D eigenvalue weighted by Gasteiger charge is -2.36. The number of nitrogens with zero attached hydrogens (tertiary/aromatic N) is 5. The van der Waals surface area contributed by atoms with Gasteiger partial charge in [-0.3, -0.25) is 4.79 Å². The number of anilines is 1. The van der Waals surface area contributed by atoms with Crippen molar-refractivity contribution in [2.75, 3.05) is 31.1 Å². The van der Waals surface area contributed by atoms with E-state index in [-0.39, 0.29) is 17.6 Å². The zero-order chi connectivity index (χ0) is 22.9. The van der Waals surface area contributed by atoms with E-state index in [1.807, 2.05) is 32.0 Å². The first-order chi connectivity index (χ1) is 15.3. The van der Waals surface area contributed by atoms with Crippen molar-refractivity contribution in [2.24, 2.45) is 0 Å². The Morgan fingerprint density at radius 2 is 1.66 bits per heavy atom. The second-order valence-corrected chi connectivity index (χ2v) is 8.03. The molecule has 3 aromatic rings. The summed E-state index contributed by atoms with van der Waals surface area (Å²) in [6.07, 6.45) is -2.19. The highest BCUT2D eigenvalue weighted by atomic mass is 19.4. The Hall–Kier alpha value is -3.36. The molecule has 2 aromatic heterocycles. The van der Waals surface area contributed by atoms with Gasteiger partial charge in [-0.15, -0.1) is 0 Å². The summed E-state index contributed by atoms with van der Waals surface area (Å²) in [5.41, 5.74) is 1.39. The predicted molar refractivity (Wildman–Crippen MR) is 115 cm³/mol. The Kier molecular flexibility index (Phi) is 5.90. The number of amides is 1. The van der Waals surface area contributed by atoms with Crippen LogP contribution in [0.25, 0.3) is 5.82 Å². The lowest BCUT2D eigenvalue weighted by molar-refractivity contribution is -0.137. The Bertz CT molecular complexity index is 1070. The van der Waals surface area contributed by atoms with Crippen LogP contribution in [0.3, 0.4) is 0 Å². The van der Waals surface area contributed by atoms with Gasteiger partial charge >= 0.3 is 6.18 Å². The average Bonchev–Trinajstić information content (AvgIpc) is 3.24. The molecular weight excluding hydrogens is 419 g/mol. The van der Waals surface area contributed by atoms with Crippen LogP contribution in [0.1, 0.15) is 41.4 Å². The maximum atomic E-state index is 13.3. The van der Waals surface area contributed by atoms with Crippen LogP contribution in [0.4, 0.5) is 18.9 Å². The molecule has 1 aliphatic rings. The zero-order valence-electron chi connectivity index (χ0n) is 17.9. The monoisotopic (exact) mass is 443 g/mol. The third-order valence-corrected chi connectivity index (χ3v) is 5.56. The number of carbonyl (C=O) groups excluding carboxylic acids is 1. The van der Waals surface area contributed by atoms with E-state index < -0.39 is 11.7 Å². The molecule has 1 fully saturated rings. The molecule has 1 amide bonds. The van der Waals surface area contributed by atoms with Gasteiger partial charge in [0.15, 0.2) is 5.82 Å². The number of alkyl halides is 3. The summed E-state index contributed by atoms with van der Waals surface area (Å²) >= 11 is 0. The Balaban J connectivity index is 1.54. The van der Waals surface area contributed by atoms with Crippen molar-refractivity contribution in [3.05, 3.63) is 71.7 Å². The summed E-state index contributed by atoms with van der Waals surface area (Å²) in [6.45, 7) is 6.44. The molecule has 0 saturated carbocycles. The van der Waals surface area contributed by atoms with Gasteiger partial charge in [-0.25, -0.2) is 9.67 Å². The standard InChI is InChI=1S/C23H24F3N5O/c1-16(2)21-19(15-28-31(21)20-9-8-17(14-27-20)23(24,25)26)22(32)30-12-10-29(11-13-30)18-6-4-3-5-7-18/h3-9,14-16H,10-13H2,1-2H3. The van der Waals surface area contributed by atoms with E-state index in [0.717, 1.165) is 31.0 Å². The molecule has 0 N–H and O–H groups in total. The van der Waals surface area contributed by atoms with E-state index in [4.69, 9.17) is 0 Å². The molecule has 0 atom stereocenters. The number of rotatable bonds is 4. The van der Waals surface area contributed by atoms with Crippen molar-refractivity contribution in [2.45, 2.75) is 25.9 Å². The number of aromatic nitrogens is 3. The minimum Gasteiger partial charge on any atom is -0.368 e. The molecule has 0 bridgehead atoms. The van der Waals surface area contributed by atoms with E-state index in [1.54, 1.807) is 4.90 Å². The van der Waals surface area contributed by atoms with Crippen molar-refractivity contribution in [1.29, 1.82) is 0 Å². The van der Waals surface area contributed by atoms with Crippen LogP contribution in [0.2, 0.25) is 0 Å². The van der Waals surface area contributed by atoms with Crippen molar-refractivity contribution < 1.29 is 18.0 Å². The van der Waals surface area contributed by atoms with E-state index in [2.05, 4.69) is 27.1 Å². The molecular formula is C23H24F3N5O. The minimum absolute atomic E-state index is 0.0776. The third kappa shape index (κ3) is 4.32.